The molecule has 1 aliphatic carbocycles. The predicted molar refractivity (Wildman–Crippen MR) is 76.4 cm³/mol. The van der Waals surface area contributed by atoms with Crippen molar-refractivity contribution in [1.82, 2.24) is 9.88 Å². The molecule has 3 rings (SSSR count). The molecule has 1 heterocycles. The highest BCUT2D eigenvalue weighted by Gasteiger charge is 2.20. The summed E-state index contributed by atoms with van der Waals surface area (Å²) in [6, 6.07) is 9.21. The summed E-state index contributed by atoms with van der Waals surface area (Å²) in [4.78, 5) is 0. The highest BCUT2D eigenvalue weighted by molar-refractivity contribution is 5.81. The summed E-state index contributed by atoms with van der Waals surface area (Å²) >= 11 is 0. The summed E-state index contributed by atoms with van der Waals surface area (Å²) in [5.41, 5.74) is 1.33. The average molecular weight is 246 g/mol. The number of hydrogen-bond acceptors (Lipinski definition) is 2. The van der Waals surface area contributed by atoms with Crippen molar-refractivity contribution in [2.75, 3.05) is 21.2 Å². The van der Waals surface area contributed by atoms with Gasteiger partial charge in [-0.05, 0) is 57.6 Å². The van der Waals surface area contributed by atoms with Gasteiger partial charge in [0.2, 0.25) is 0 Å². The van der Waals surface area contributed by atoms with Gasteiger partial charge < -0.3 is 14.6 Å². The van der Waals surface area contributed by atoms with Crippen molar-refractivity contribution >= 4 is 10.9 Å². The SMILES string of the molecule is CNC.COc1ccc2c(ccn2C2CCC2)c1. The molecule has 1 aliphatic rings. The smallest absolute Gasteiger partial charge is 0.119 e. The first-order valence-corrected chi connectivity index (χ1v) is 6.53. The maximum absolute atomic E-state index is 5.22. The lowest BCUT2D eigenvalue weighted by Gasteiger charge is -2.28. The Bertz CT molecular complexity index is 500. The van der Waals surface area contributed by atoms with Crippen LogP contribution in [0.5, 0.6) is 5.75 Å². The van der Waals surface area contributed by atoms with Gasteiger partial charge in [0.05, 0.1) is 7.11 Å². The fourth-order valence-corrected chi connectivity index (χ4v) is 2.25. The van der Waals surface area contributed by atoms with E-state index in [1.165, 1.54) is 30.2 Å². The molecule has 0 atom stereocenters. The Hall–Kier alpha value is -1.48. The molecule has 2 aromatic rings. The first-order valence-electron chi connectivity index (χ1n) is 6.53. The molecular formula is C15H22N2O. The van der Waals surface area contributed by atoms with Gasteiger partial charge in [-0.25, -0.2) is 0 Å². The highest BCUT2D eigenvalue weighted by Crippen LogP contribution is 2.35. The molecule has 3 heteroatoms. The van der Waals surface area contributed by atoms with E-state index in [2.05, 4.69) is 34.3 Å². The molecule has 1 aromatic carbocycles. The second kappa shape index (κ2) is 5.91. The van der Waals surface area contributed by atoms with Crippen molar-refractivity contribution in [3.05, 3.63) is 30.5 Å². The van der Waals surface area contributed by atoms with Crippen molar-refractivity contribution in [3.63, 3.8) is 0 Å². The van der Waals surface area contributed by atoms with E-state index in [9.17, 15) is 0 Å². The van der Waals surface area contributed by atoms with Gasteiger partial charge in [-0.1, -0.05) is 0 Å². The first-order chi connectivity index (χ1) is 8.80. The topological polar surface area (TPSA) is 26.2 Å². The summed E-state index contributed by atoms with van der Waals surface area (Å²) in [6.45, 7) is 0. The fraction of sp³-hybridized carbons (Fsp3) is 0.467. The van der Waals surface area contributed by atoms with Gasteiger partial charge in [-0.3, -0.25) is 0 Å². The quantitative estimate of drug-likeness (QED) is 0.880. The molecule has 0 saturated heterocycles. The lowest BCUT2D eigenvalue weighted by Crippen LogP contribution is -2.15. The summed E-state index contributed by atoms with van der Waals surface area (Å²) in [5, 5.41) is 4.03. The predicted octanol–water partition coefficient (Wildman–Crippen LogP) is 3.21. The van der Waals surface area contributed by atoms with Gasteiger partial charge in [0.25, 0.3) is 0 Å². The summed E-state index contributed by atoms with van der Waals surface area (Å²) < 4.78 is 7.62. The van der Waals surface area contributed by atoms with Crippen LogP contribution in [0.25, 0.3) is 10.9 Å². The highest BCUT2D eigenvalue weighted by atomic mass is 16.5. The van der Waals surface area contributed by atoms with Gasteiger partial charge in [-0.2, -0.15) is 0 Å². The molecule has 0 aliphatic heterocycles. The maximum atomic E-state index is 5.22. The second-order valence-electron chi connectivity index (χ2n) is 4.73. The number of nitrogens with one attached hydrogen (secondary N) is 1. The number of methoxy groups -OCH3 is 1. The van der Waals surface area contributed by atoms with E-state index in [0.717, 1.165) is 11.8 Å². The number of fused-ring (bicyclic) bond motifs is 1. The largest absolute Gasteiger partial charge is 0.497 e. The van der Waals surface area contributed by atoms with Crippen LogP contribution in [0.15, 0.2) is 30.5 Å². The monoisotopic (exact) mass is 246 g/mol. The molecule has 3 nitrogen and oxygen atoms in total. The molecule has 18 heavy (non-hydrogen) atoms. The maximum Gasteiger partial charge on any atom is 0.119 e. The van der Waals surface area contributed by atoms with Crippen LogP contribution >= 0.6 is 0 Å². The van der Waals surface area contributed by atoms with Gasteiger partial charge >= 0.3 is 0 Å². The number of hydrogen-bond donors (Lipinski definition) is 1. The Morgan fingerprint density at radius 3 is 2.50 bits per heavy atom. The number of rotatable bonds is 2. The van der Waals surface area contributed by atoms with E-state index >= 15 is 0 Å². The lowest BCUT2D eigenvalue weighted by molar-refractivity contribution is 0.321. The van der Waals surface area contributed by atoms with Crippen molar-refractivity contribution < 1.29 is 4.74 Å². The van der Waals surface area contributed by atoms with Crippen molar-refractivity contribution in [2.24, 2.45) is 0 Å². The molecule has 98 valence electrons. The molecule has 1 N–H and O–H groups in total. The van der Waals surface area contributed by atoms with Crippen LogP contribution in [-0.4, -0.2) is 25.8 Å². The Labute approximate surface area is 109 Å². The van der Waals surface area contributed by atoms with E-state index in [1.807, 2.05) is 20.2 Å². The van der Waals surface area contributed by atoms with Crippen LogP contribution < -0.4 is 10.1 Å². The first kappa shape index (κ1) is 13.0. The van der Waals surface area contributed by atoms with Gasteiger partial charge in [0.15, 0.2) is 0 Å². The zero-order chi connectivity index (χ0) is 13.0. The number of aromatic nitrogens is 1. The molecule has 0 amide bonds. The Morgan fingerprint density at radius 2 is 1.94 bits per heavy atom. The molecule has 1 aromatic heterocycles. The van der Waals surface area contributed by atoms with E-state index in [0.29, 0.717) is 0 Å². The fourth-order valence-electron chi connectivity index (χ4n) is 2.25. The molecule has 0 unspecified atom stereocenters. The van der Waals surface area contributed by atoms with Crippen molar-refractivity contribution in [2.45, 2.75) is 25.3 Å². The standard InChI is InChI=1S/C13H15NO.C2H7N/c1-15-12-5-6-13-10(9-12)7-8-14(13)11-3-2-4-11;1-3-2/h5-9,11H,2-4H2,1H3;3H,1-2H3. The third kappa shape index (κ3) is 2.51. The summed E-state index contributed by atoms with van der Waals surface area (Å²) in [7, 11) is 5.46. The minimum Gasteiger partial charge on any atom is -0.497 e. The zero-order valence-corrected chi connectivity index (χ0v) is 11.4. The third-order valence-electron chi connectivity index (χ3n) is 3.40. The average Bonchev–Trinajstić information content (AvgIpc) is 2.71. The zero-order valence-electron chi connectivity index (χ0n) is 11.4. The minimum atomic E-state index is 0.732. The minimum absolute atomic E-state index is 0.732. The number of ether oxygens (including phenoxy) is 1. The van der Waals surface area contributed by atoms with Crippen molar-refractivity contribution in [1.29, 1.82) is 0 Å². The van der Waals surface area contributed by atoms with Crippen LogP contribution in [0.2, 0.25) is 0 Å². The van der Waals surface area contributed by atoms with E-state index in [-0.39, 0.29) is 0 Å². The van der Waals surface area contributed by atoms with Gasteiger partial charge in [-0.15, -0.1) is 0 Å². The molecule has 1 fully saturated rings. The summed E-state index contributed by atoms with van der Waals surface area (Å²) in [5.74, 6) is 0.939. The van der Waals surface area contributed by atoms with Gasteiger partial charge in [0, 0.05) is 23.1 Å². The molecular weight excluding hydrogens is 224 g/mol. The lowest BCUT2D eigenvalue weighted by atomic mass is 9.93. The number of benzene rings is 1. The van der Waals surface area contributed by atoms with Crippen LogP contribution in [0.4, 0.5) is 0 Å². The molecule has 0 spiro atoms. The number of nitrogens with zero attached hydrogens (tertiary/aromatic N) is 1. The van der Waals surface area contributed by atoms with Crippen LogP contribution in [0.1, 0.15) is 25.3 Å². The van der Waals surface area contributed by atoms with E-state index in [4.69, 9.17) is 4.74 Å². The van der Waals surface area contributed by atoms with E-state index in [1.54, 1.807) is 7.11 Å². The van der Waals surface area contributed by atoms with Gasteiger partial charge in [0.1, 0.15) is 5.75 Å². The van der Waals surface area contributed by atoms with Crippen LogP contribution in [0.3, 0.4) is 0 Å². The Kier molecular flexibility index (Phi) is 4.26. The van der Waals surface area contributed by atoms with E-state index < -0.39 is 0 Å². The van der Waals surface area contributed by atoms with Crippen LogP contribution in [0, 0.1) is 0 Å². The molecule has 1 saturated carbocycles. The Balaban J connectivity index is 0.000000367. The molecule has 0 bridgehead atoms. The Morgan fingerprint density at radius 1 is 1.22 bits per heavy atom. The third-order valence-corrected chi connectivity index (χ3v) is 3.40. The van der Waals surface area contributed by atoms with Crippen molar-refractivity contribution in [3.8, 4) is 5.75 Å². The summed E-state index contributed by atoms with van der Waals surface area (Å²) in [6.07, 6.45) is 6.24. The second-order valence-corrected chi connectivity index (χ2v) is 4.73. The molecule has 0 radical (unpaired) electrons. The van der Waals surface area contributed by atoms with Crippen LogP contribution in [-0.2, 0) is 0 Å². The normalized spacial score (nSPS) is 14.8.